The van der Waals surface area contributed by atoms with E-state index < -0.39 is 17.6 Å². The average Bonchev–Trinajstić information content (AvgIpc) is 2.33. The lowest BCUT2D eigenvalue weighted by atomic mass is 10.2. The Kier molecular flexibility index (Phi) is 11.3. The van der Waals surface area contributed by atoms with Crippen LogP contribution in [0, 0.1) is 0 Å². The van der Waals surface area contributed by atoms with Gasteiger partial charge < -0.3 is 17.8 Å². The van der Waals surface area contributed by atoms with Crippen molar-refractivity contribution in [1.29, 1.82) is 0 Å². The molecule has 0 saturated carbocycles. The second-order valence-electron chi connectivity index (χ2n) is 4.43. The summed E-state index contributed by atoms with van der Waals surface area (Å²) in [7, 11) is -5.52. The van der Waals surface area contributed by atoms with Crippen molar-refractivity contribution in [3.63, 3.8) is 0 Å². The van der Waals surface area contributed by atoms with Gasteiger partial charge >= 0.3 is 8.80 Å². The van der Waals surface area contributed by atoms with Crippen LogP contribution in [0.2, 0.25) is 6.04 Å². The Hall–Kier alpha value is 0.427. The van der Waals surface area contributed by atoms with Gasteiger partial charge in [0.25, 0.3) is 0 Å². The molecule has 0 spiro atoms. The van der Waals surface area contributed by atoms with Crippen LogP contribution in [-0.4, -0.2) is 43.1 Å². The molecule has 0 bridgehead atoms. The lowest BCUT2D eigenvalue weighted by Gasteiger charge is -2.28. The summed E-state index contributed by atoms with van der Waals surface area (Å²) >= 11 is 4.46. The van der Waals surface area contributed by atoms with Crippen LogP contribution < -0.4 is 0 Å². The molecule has 0 aromatic heterocycles. The van der Waals surface area contributed by atoms with E-state index in [1.165, 1.54) is 0 Å². The van der Waals surface area contributed by atoms with Crippen LogP contribution in [0.15, 0.2) is 0 Å². The van der Waals surface area contributed by atoms with E-state index >= 15 is 0 Å². The highest BCUT2D eigenvalue weighted by Crippen LogP contribution is 2.20. The van der Waals surface area contributed by atoms with Crippen LogP contribution >= 0.6 is 0 Å². The summed E-state index contributed by atoms with van der Waals surface area (Å²) < 4.78 is 37.2. The highest BCUT2D eigenvalue weighted by molar-refractivity contribution is 8.29. The molecule has 8 heteroatoms. The Morgan fingerprint density at radius 3 is 1.80 bits per heavy atom. The first kappa shape index (κ1) is 20.4. The molecule has 0 aliphatic heterocycles. The van der Waals surface area contributed by atoms with Crippen LogP contribution in [0.25, 0.3) is 0 Å². The topological polar surface area (TPSA) is 65.0 Å². The maximum atomic E-state index is 11.0. The summed E-state index contributed by atoms with van der Waals surface area (Å²) in [6, 6.07) is 0.797. The zero-order valence-electron chi connectivity index (χ0n) is 12.8. The summed E-state index contributed by atoms with van der Waals surface area (Å²) in [5, 5.41) is 0. The normalized spacial score (nSPS) is 15.2. The van der Waals surface area contributed by atoms with Gasteiger partial charge in [0.05, 0.1) is 0 Å². The van der Waals surface area contributed by atoms with Gasteiger partial charge in [0.1, 0.15) is 8.77 Å². The Morgan fingerprint density at radius 2 is 1.40 bits per heavy atom. The van der Waals surface area contributed by atoms with Crippen molar-refractivity contribution in [2.24, 2.45) is 0 Å². The van der Waals surface area contributed by atoms with Crippen molar-refractivity contribution in [3.8, 4) is 0 Å². The molecule has 1 atom stereocenters. The van der Waals surface area contributed by atoms with Gasteiger partial charge in [0, 0.05) is 42.8 Å². The highest BCUT2D eigenvalue weighted by atomic mass is 32.8. The van der Waals surface area contributed by atoms with Crippen molar-refractivity contribution in [3.05, 3.63) is 0 Å². The number of rotatable bonds is 13. The van der Waals surface area contributed by atoms with Gasteiger partial charge in [-0.2, -0.15) is 0 Å². The molecule has 122 valence electrons. The third-order valence-corrected chi connectivity index (χ3v) is 7.18. The van der Waals surface area contributed by atoms with Crippen LogP contribution in [0.5, 0.6) is 0 Å². The minimum atomic E-state index is -3.00. The zero-order valence-corrected chi connectivity index (χ0v) is 15.4. The molecule has 0 aromatic carbocycles. The summed E-state index contributed by atoms with van der Waals surface area (Å²) in [5.41, 5.74) is 0. The van der Waals surface area contributed by atoms with Gasteiger partial charge in [-0.1, -0.05) is 12.8 Å². The van der Waals surface area contributed by atoms with Crippen LogP contribution in [0.3, 0.4) is 0 Å². The lowest BCUT2D eigenvalue weighted by molar-refractivity contribution is 0.0706. The summed E-state index contributed by atoms with van der Waals surface area (Å²) in [4.78, 5) is 0. The molecule has 0 rings (SSSR count). The van der Waals surface area contributed by atoms with Crippen LogP contribution in [-0.2, 0) is 33.2 Å². The number of unbranched alkanes of at least 4 members (excludes halogenated alkanes) is 3. The second kappa shape index (κ2) is 11.1. The molecule has 0 heterocycles. The molecular weight excluding hydrogens is 316 g/mol. The molecule has 1 N–H and O–H groups in total. The molecule has 0 aliphatic rings. The fourth-order valence-corrected chi connectivity index (χ4v) is 5.59. The third kappa shape index (κ3) is 10.2. The van der Waals surface area contributed by atoms with Crippen molar-refractivity contribution in [2.45, 2.75) is 52.5 Å². The minimum absolute atomic E-state index is 0.202. The fraction of sp³-hybridized carbons (Fsp3) is 1.00. The molecule has 0 aliphatic carbocycles. The first-order chi connectivity index (χ1) is 9.39. The third-order valence-electron chi connectivity index (χ3n) is 2.73. The van der Waals surface area contributed by atoms with Crippen LogP contribution in [0.4, 0.5) is 0 Å². The van der Waals surface area contributed by atoms with E-state index in [0.29, 0.717) is 26.2 Å². The predicted octanol–water partition coefficient (Wildman–Crippen LogP) is 2.81. The maximum absolute atomic E-state index is 11.0. The molecular formula is C12H28O5S2Si. The zero-order chi connectivity index (χ0) is 15.5. The fourth-order valence-electron chi connectivity index (χ4n) is 1.98. The summed E-state index contributed by atoms with van der Waals surface area (Å²) in [6.07, 6.45) is 3.48. The maximum Gasteiger partial charge on any atom is 0.500 e. The second-order valence-corrected chi connectivity index (χ2v) is 10.3. The van der Waals surface area contributed by atoms with Gasteiger partial charge in [-0.25, -0.2) is 4.21 Å². The lowest BCUT2D eigenvalue weighted by Crippen LogP contribution is -2.45. The van der Waals surface area contributed by atoms with Gasteiger partial charge in [-0.15, -0.1) is 0 Å². The average molecular weight is 345 g/mol. The van der Waals surface area contributed by atoms with Crippen molar-refractivity contribution in [2.75, 3.05) is 25.6 Å². The smallest absolute Gasteiger partial charge is 0.374 e. The quantitative estimate of drug-likeness (QED) is 0.409. The number of hydrogen-bond donors (Lipinski definition) is 1. The first-order valence-corrected chi connectivity index (χ1v) is 11.8. The van der Waals surface area contributed by atoms with Crippen molar-refractivity contribution < 1.29 is 22.0 Å². The van der Waals surface area contributed by atoms with Crippen LogP contribution in [0.1, 0.15) is 46.5 Å². The van der Waals surface area contributed by atoms with Gasteiger partial charge in [0.15, 0.2) is 0 Å². The Labute approximate surface area is 129 Å². The predicted molar refractivity (Wildman–Crippen MR) is 86.9 cm³/mol. The first-order valence-electron chi connectivity index (χ1n) is 7.26. The number of hydrogen-bond acceptors (Lipinski definition) is 5. The molecule has 0 aromatic rings. The molecule has 0 fully saturated rings. The largest absolute Gasteiger partial charge is 0.500 e. The van der Waals surface area contributed by atoms with E-state index in [1.807, 2.05) is 20.8 Å². The molecule has 20 heavy (non-hydrogen) atoms. The Morgan fingerprint density at radius 1 is 0.950 bits per heavy atom. The van der Waals surface area contributed by atoms with Gasteiger partial charge in [-0.3, -0.25) is 0 Å². The molecule has 0 amide bonds. The van der Waals surface area contributed by atoms with Crippen molar-refractivity contribution in [1.82, 2.24) is 0 Å². The molecule has 1 unspecified atom stereocenters. The minimum Gasteiger partial charge on any atom is -0.374 e. The van der Waals surface area contributed by atoms with E-state index in [2.05, 4.69) is 11.2 Å². The summed E-state index contributed by atoms with van der Waals surface area (Å²) in [5.74, 6) is 0.202. The van der Waals surface area contributed by atoms with E-state index in [-0.39, 0.29) is 5.75 Å². The van der Waals surface area contributed by atoms with E-state index in [4.69, 9.17) is 17.8 Å². The summed E-state index contributed by atoms with van der Waals surface area (Å²) in [6.45, 7) is 7.61. The van der Waals surface area contributed by atoms with E-state index in [0.717, 1.165) is 25.3 Å². The monoisotopic (exact) mass is 344 g/mol. The van der Waals surface area contributed by atoms with Gasteiger partial charge in [0.2, 0.25) is 0 Å². The Bertz CT molecular complexity index is 318. The van der Waals surface area contributed by atoms with E-state index in [9.17, 15) is 4.21 Å². The molecule has 5 nitrogen and oxygen atoms in total. The molecule has 0 saturated heterocycles. The van der Waals surface area contributed by atoms with Gasteiger partial charge in [-0.05, 0) is 33.6 Å². The Balaban J connectivity index is 4.06. The molecule has 0 radical (unpaired) electrons. The van der Waals surface area contributed by atoms with E-state index in [1.54, 1.807) is 0 Å². The van der Waals surface area contributed by atoms with Crippen molar-refractivity contribution >= 4 is 28.8 Å². The highest BCUT2D eigenvalue weighted by Gasteiger charge is 2.39. The standard InChI is InChI=1S/C12H28O5S2Si/c1-4-15-20(16-5-2,17-6-3)12-10-8-7-9-11-19(13,14)18/h4-12H2,1-3H3,(H,13,14,18). The SMILES string of the molecule is CCO[Si](CCCCCCS(=O)(O)=S)(OCC)OCC.